The molecule has 0 atom stereocenters. The first-order valence-corrected chi connectivity index (χ1v) is 7.56. The zero-order valence-corrected chi connectivity index (χ0v) is 13.5. The number of carbonyl (C=O) groups is 2. The van der Waals surface area contributed by atoms with Crippen LogP contribution in [0.15, 0.2) is 54.6 Å². The Labute approximate surface area is 140 Å². The molecule has 2 N–H and O–H groups in total. The molecule has 0 radical (unpaired) electrons. The van der Waals surface area contributed by atoms with Crippen molar-refractivity contribution in [3.05, 3.63) is 65.7 Å². The molecule has 0 aliphatic heterocycles. The quantitative estimate of drug-likeness (QED) is 0.604. The first kappa shape index (κ1) is 17.3. The average molecular weight is 328 g/mol. The monoisotopic (exact) mass is 328 g/mol. The first-order chi connectivity index (χ1) is 11.7. The predicted octanol–water partition coefficient (Wildman–Crippen LogP) is 2.35. The number of benzene rings is 2. The summed E-state index contributed by atoms with van der Waals surface area (Å²) >= 11 is 0. The van der Waals surface area contributed by atoms with Gasteiger partial charge in [-0.1, -0.05) is 30.3 Å². The molecule has 6 nitrogen and oxygen atoms in total. The Balaban J connectivity index is 1.65. The van der Waals surface area contributed by atoms with Gasteiger partial charge in [0.25, 0.3) is 0 Å². The van der Waals surface area contributed by atoms with Gasteiger partial charge in [0.15, 0.2) is 0 Å². The van der Waals surface area contributed by atoms with Crippen LogP contribution in [-0.2, 0) is 11.3 Å². The fraction of sp³-hybridized carbons (Fsp3) is 0.222. The van der Waals surface area contributed by atoms with Gasteiger partial charge in [0.2, 0.25) is 0 Å². The van der Waals surface area contributed by atoms with Crippen LogP contribution in [0.25, 0.3) is 0 Å². The third kappa shape index (κ3) is 5.64. The van der Waals surface area contributed by atoms with Gasteiger partial charge in [-0.3, -0.25) is 0 Å². The third-order valence-electron chi connectivity index (χ3n) is 3.23. The molecule has 2 rings (SSSR count). The summed E-state index contributed by atoms with van der Waals surface area (Å²) in [6.45, 7) is 1.17. The standard InChI is InChI=1S/C18H20N2O4/c1-23-17(21)15-9-7-14(8-10-15)13-20-18(22)19-11-12-24-16-5-3-2-4-6-16/h2-10H,11-13H2,1H3,(H2,19,20,22). The second kappa shape index (κ2) is 9.19. The van der Waals surface area contributed by atoms with Crippen molar-refractivity contribution in [3.8, 4) is 5.75 Å². The Morgan fingerprint density at radius 3 is 2.33 bits per heavy atom. The van der Waals surface area contributed by atoms with Crippen LogP contribution in [0.5, 0.6) is 5.75 Å². The molecule has 0 spiro atoms. The lowest BCUT2D eigenvalue weighted by atomic mass is 10.1. The lowest BCUT2D eigenvalue weighted by Crippen LogP contribution is -2.37. The Hall–Kier alpha value is -3.02. The van der Waals surface area contributed by atoms with Crippen molar-refractivity contribution in [3.63, 3.8) is 0 Å². The van der Waals surface area contributed by atoms with E-state index >= 15 is 0 Å². The Morgan fingerprint density at radius 1 is 0.958 bits per heavy atom. The van der Waals surface area contributed by atoms with Crippen LogP contribution < -0.4 is 15.4 Å². The minimum atomic E-state index is -0.384. The molecule has 2 amide bonds. The van der Waals surface area contributed by atoms with E-state index in [4.69, 9.17) is 4.74 Å². The zero-order valence-electron chi connectivity index (χ0n) is 13.5. The molecule has 0 saturated heterocycles. The normalized spacial score (nSPS) is 9.88. The molecule has 24 heavy (non-hydrogen) atoms. The van der Waals surface area contributed by atoms with Gasteiger partial charge in [0.1, 0.15) is 12.4 Å². The number of carbonyl (C=O) groups excluding carboxylic acids is 2. The fourth-order valence-electron chi connectivity index (χ4n) is 1.97. The van der Waals surface area contributed by atoms with E-state index in [2.05, 4.69) is 15.4 Å². The second-order valence-corrected chi connectivity index (χ2v) is 4.96. The molecule has 2 aromatic carbocycles. The van der Waals surface area contributed by atoms with Crippen molar-refractivity contribution < 1.29 is 19.1 Å². The predicted molar refractivity (Wildman–Crippen MR) is 90.0 cm³/mol. The lowest BCUT2D eigenvalue weighted by molar-refractivity contribution is 0.0600. The summed E-state index contributed by atoms with van der Waals surface area (Å²) in [6, 6.07) is 16.0. The van der Waals surface area contributed by atoms with E-state index in [1.165, 1.54) is 7.11 Å². The summed E-state index contributed by atoms with van der Waals surface area (Å²) in [7, 11) is 1.34. The highest BCUT2D eigenvalue weighted by molar-refractivity contribution is 5.89. The summed E-state index contributed by atoms with van der Waals surface area (Å²) in [5.74, 6) is 0.385. The molecule has 0 aliphatic carbocycles. The van der Waals surface area contributed by atoms with Gasteiger partial charge < -0.3 is 20.1 Å². The van der Waals surface area contributed by atoms with E-state index in [0.717, 1.165) is 11.3 Å². The number of esters is 1. The number of para-hydroxylation sites is 1. The van der Waals surface area contributed by atoms with E-state index in [1.807, 2.05) is 30.3 Å². The molecule has 0 aliphatic rings. The van der Waals surface area contributed by atoms with Crippen molar-refractivity contribution in [2.45, 2.75) is 6.54 Å². The fourth-order valence-corrected chi connectivity index (χ4v) is 1.97. The SMILES string of the molecule is COC(=O)c1ccc(CNC(=O)NCCOc2ccccc2)cc1. The summed E-state index contributed by atoms with van der Waals surface area (Å²) in [5, 5.41) is 5.45. The third-order valence-corrected chi connectivity index (χ3v) is 3.23. The number of methoxy groups -OCH3 is 1. The lowest BCUT2D eigenvalue weighted by Gasteiger charge is -2.09. The van der Waals surface area contributed by atoms with Crippen LogP contribution in [0.4, 0.5) is 4.79 Å². The highest BCUT2D eigenvalue weighted by atomic mass is 16.5. The number of nitrogens with one attached hydrogen (secondary N) is 2. The number of rotatable bonds is 7. The number of ether oxygens (including phenoxy) is 2. The number of hydrogen-bond acceptors (Lipinski definition) is 4. The molecule has 0 saturated carbocycles. The van der Waals surface area contributed by atoms with Gasteiger partial charge >= 0.3 is 12.0 Å². The van der Waals surface area contributed by atoms with Crippen molar-refractivity contribution in [2.75, 3.05) is 20.3 Å². The maximum Gasteiger partial charge on any atom is 0.337 e. The van der Waals surface area contributed by atoms with Gasteiger partial charge in [-0.15, -0.1) is 0 Å². The van der Waals surface area contributed by atoms with Crippen LogP contribution in [0.3, 0.4) is 0 Å². The maximum absolute atomic E-state index is 11.7. The molecule has 6 heteroatoms. The van der Waals surface area contributed by atoms with E-state index in [0.29, 0.717) is 25.3 Å². The molecule has 0 bridgehead atoms. The Kier molecular flexibility index (Phi) is 6.64. The molecule has 0 heterocycles. The maximum atomic E-state index is 11.7. The molecule has 0 unspecified atom stereocenters. The van der Waals surface area contributed by atoms with Crippen LogP contribution in [-0.4, -0.2) is 32.3 Å². The molecule has 0 fully saturated rings. The first-order valence-electron chi connectivity index (χ1n) is 7.56. The Bertz CT molecular complexity index is 656. The van der Waals surface area contributed by atoms with Crippen molar-refractivity contribution in [2.24, 2.45) is 0 Å². The molecule has 2 aromatic rings. The minimum absolute atomic E-state index is 0.274. The van der Waals surface area contributed by atoms with Crippen molar-refractivity contribution in [1.29, 1.82) is 0 Å². The van der Waals surface area contributed by atoms with E-state index in [-0.39, 0.29) is 12.0 Å². The van der Waals surface area contributed by atoms with E-state index in [1.54, 1.807) is 24.3 Å². The topological polar surface area (TPSA) is 76.7 Å². The highest BCUT2D eigenvalue weighted by Crippen LogP contribution is 2.07. The van der Waals surface area contributed by atoms with Gasteiger partial charge in [-0.2, -0.15) is 0 Å². The molecule has 0 aromatic heterocycles. The number of amides is 2. The smallest absolute Gasteiger partial charge is 0.337 e. The van der Waals surface area contributed by atoms with Crippen LogP contribution in [0, 0.1) is 0 Å². The highest BCUT2D eigenvalue weighted by Gasteiger charge is 2.05. The summed E-state index contributed by atoms with van der Waals surface area (Å²) in [5.41, 5.74) is 1.36. The van der Waals surface area contributed by atoms with Gasteiger partial charge in [-0.25, -0.2) is 9.59 Å². The van der Waals surface area contributed by atoms with Crippen LogP contribution >= 0.6 is 0 Å². The molecular formula is C18H20N2O4. The van der Waals surface area contributed by atoms with Crippen molar-refractivity contribution in [1.82, 2.24) is 10.6 Å². The minimum Gasteiger partial charge on any atom is -0.492 e. The summed E-state index contributed by atoms with van der Waals surface area (Å²) in [6.07, 6.45) is 0. The van der Waals surface area contributed by atoms with Gasteiger partial charge in [-0.05, 0) is 29.8 Å². The van der Waals surface area contributed by atoms with Crippen LogP contribution in [0.1, 0.15) is 15.9 Å². The van der Waals surface area contributed by atoms with Gasteiger partial charge in [0, 0.05) is 6.54 Å². The van der Waals surface area contributed by atoms with E-state index in [9.17, 15) is 9.59 Å². The van der Waals surface area contributed by atoms with Crippen molar-refractivity contribution >= 4 is 12.0 Å². The molecule has 126 valence electrons. The summed E-state index contributed by atoms with van der Waals surface area (Å²) < 4.78 is 10.1. The number of hydrogen-bond donors (Lipinski definition) is 2. The Morgan fingerprint density at radius 2 is 1.67 bits per heavy atom. The average Bonchev–Trinajstić information content (AvgIpc) is 2.64. The summed E-state index contributed by atoms with van der Waals surface area (Å²) in [4.78, 5) is 23.0. The largest absolute Gasteiger partial charge is 0.492 e. The number of urea groups is 1. The zero-order chi connectivity index (χ0) is 17.2. The van der Waals surface area contributed by atoms with E-state index < -0.39 is 0 Å². The van der Waals surface area contributed by atoms with Crippen LogP contribution in [0.2, 0.25) is 0 Å². The second-order valence-electron chi connectivity index (χ2n) is 4.96. The molecular weight excluding hydrogens is 308 g/mol. The van der Waals surface area contributed by atoms with Gasteiger partial charge in [0.05, 0.1) is 19.2 Å².